The number of phenolic OH excluding ortho intramolecular Hbond substituents is 1. The van der Waals surface area contributed by atoms with Crippen LogP contribution in [0.1, 0.15) is 5.56 Å². The van der Waals surface area contributed by atoms with Gasteiger partial charge in [-0.25, -0.2) is 0 Å². The lowest BCUT2D eigenvalue weighted by Gasteiger charge is -2.08. The molecule has 0 spiro atoms. The molecule has 0 atom stereocenters. The third kappa shape index (κ3) is 3.11. The molecule has 0 bridgehead atoms. The Hall–Kier alpha value is -1.26. The van der Waals surface area contributed by atoms with Crippen LogP contribution in [0.4, 0.5) is 5.69 Å². The van der Waals surface area contributed by atoms with Crippen LogP contribution in [0, 0.1) is 0 Å². The predicted molar refractivity (Wildman–Crippen MR) is 72.4 cm³/mol. The number of halogens is 2. The van der Waals surface area contributed by atoms with Gasteiger partial charge in [0.25, 0.3) is 0 Å². The number of phenols is 1. The summed E-state index contributed by atoms with van der Waals surface area (Å²) in [5.41, 5.74) is 1.83. The summed E-state index contributed by atoms with van der Waals surface area (Å²) < 4.78 is 0.675. The zero-order valence-electron chi connectivity index (χ0n) is 8.82. The van der Waals surface area contributed by atoms with Crippen LogP contribution in [0.3, 0.4) is 0 Å². The molecule has 0 unspecified atom stereocenters. The van der Waals surface area contributed by atoms with Crippen molar-refractivity contribution in [1.82, 2.24) is 4.98 Å². The normalized spacial score (nSPS) is 10.2. The lowest BCUT2D eigenvalue weighted by atomic mass is 10.2. The Bertz CT molecular complexity index is 534. The quantitative estimate of drug-likeness (QED) is 0.905. The van der Waals surface area contributed by atoms with E-state index in [4.69, 9.17) is 11.6 Å². The van der Waals surface area contributed by atoms with Crippen LogP contribution in [0.2, 0.25) is 5.02 Å². The Morgan fingerprint density at radius 2 is 2.18 bits per heavy atom. The highest BCUT2D eigenvalue weighted by atomic mass is 79.9. The van der Waals surface area contributed by atoms with Crippen LogP contribution in [0.25, 0.3) is 0 Å². The van der Waals surface area contributed by atoms with E-state index in [0.717, 1.165) is 11.3 Å². The topological polar surface area (TPSA) is 45.1 Å². The molecule has 0 saturated heterocycles. The highest BCUT2D eigenvalue weighted by Gasteiger charge is 2.01. The van der Waals surface area contributed by atoms with Gasteiger partial charge in [-0.3, -0.25) is 4.98 Å². The number of nitrogens with one attached hydrogen (secondary N) is 1. The predicted octanol–water partition coefficient (Wildman–Crippen LogP) is 3.82. The second-order valence-corrected chi connectivity index (χ2v) is 4.76. The Labute approximate surface area is 113 Å². The molecular formula is C12H10BrClN2O. The molecule has 1 heterocycles. The van der Waals surface area contributed by atoms with Gasteiger partial charge in [0.15, 0.2) is 0 Å². The Balaban J connectivity index is 2.08. The molecule has 2 N–H and O–H groups in total. The number of nitrogens with zero attached hydrogens (tertiary/aromatic N) is 1. The lowest BCUT2D eigenvalue weighted by molar-refractivity contribution is 0.471. The largest absolute Gasteiger partial charge is 0.507 e. The molecule has 17 heavy (non-hydrogen) atoms. The third-order valence-corrected chi connectivity index (χ3v) is 3.23. The summed E-state index contributed by atoms with van der Waals surface area (Å²) >= 11 is 9.27. The van der Waals surface area contributed by atoms with Gasteiger partial charge in [0.05, 0.1) is 21.4 Å². The van der Waals surface area contributed by atoms with Crippen molar-refractivity contribution in [2.24, 2.45) is 0 Å². The highest BCUT2D eigenvalue weighted by Crippen LogP contribution is 2.25. The summed E-state index contributed by atoms with van der Waals surface area (Å²) in [5.74, 6) is 0.230. The molecule has 0 amide bonds. The van der Waals surface area contributed by atoms with E-state index in [1.165, 1.54) is 0 Å². The number of anilines is 1. The summed E-state index contributed by atoms with van der Waals surface area (Å²) in [4.78, 5) is 3.99. The number of rotatable bonds is 3. The SMILES string of the molecule is Oc1ccc(CNc2cnccc2Cl)cc1Br. The number of pyridine rings is 1. The summed E-state index contributed by atoms with van der Waals surface area (Å²) in [6.07, 6.45) is 3.32. The molecule has 88 valence electrons. The van der Waals surface area contributed by atoms with Gasteiger partial charge in [-0.05, 0) is 39.7 Å². The van der Waals surface area contributed by atoms with Crippen molar-refractivity contribution in [2.75, 3.05) is 5.32 Å². The molecule has 0 aliphatic rings. The Kier molecular flexibility index (Phi) is 3.86. The van der Waals surface area contributed by atoms with Gasteiger partial charge in [-0.2, -0.15) is 0 Å². The summed E-state index contributed by atoms with van der Waals surface area (Å²) in [7, 11) is 0. The van der Waals surface area contributed by atoms with Crippen LogP contribution in [-0.4, -0.2) is 10.1 Å². The number of hydrogen-bond donors (Lipinski definition) is 2. The minimum absolute atomic E-state index is 0.230. The minimum Gasteiger partial charge on any atom is -0.507 e. The smallest absolute Gasteiger partial charge is 0.129 e. The van der Waals surface area contributed by atoms with E-state index < -0.39 is 0 Å². The van der Waals surface area contributed by atoms with Crippen LogP contribution in [0.15, 0.2) is 41.1 Å². The minimum atomic E-state index is 0.230. The number of aromatic nitrogens is 1. The first-order valence-electron chi connectivity index (χ1n) is 4.97. The van der Waals surface area contributed by atoms with Crippen molar-refractivity contribution in [2.45, 2.75) is 6.54 Å². The molecule has 2 rings (SSSR count). The second-order valence-electron chi connectivity index (χ2n) is 3.49. The van der Waals surface area contributed by atoms with Gasteiger partial charge in [0.2, 0.25) is 0 Å². The van der Waals surface area contributed by atoms with E-state index in [1.807, 2.05) is 12.1 Å². The first-order chi connectivity index (χ1) is 8.16. The molecule has 1 aromatic heterocycles. The van der Waals surface area contributed by atoms with Crippen molar-refractivity contribution in [3.8, 4) is 5.75 Å². The fourth-order valence-corrected chi connectivity index (χ4v) is 1.96. The fraction of sp³-hybridized carbons (Fsp3) is 0.0833. The van der Waals surface area contributed by atoms with E-state index in [-0.39, 0.29) is 5.75 Å². The van der Waals surface area contributed by atoms with E-state index >= 15 is 0 Å². The lowest BCUT2D eigenvalue weighted by Crippen LogP contribution is -2.00. The average Bonchev–Trinajstić information content (AvgIpc) is 2.32. The zero-order valence-corrected chi connectivity index (χ0v) is 11.2. The van der Waals surface area contributed by atoms with Gasteiger partial charge in [0.1, 0.15) is 5.75 Å². The highest BCUT2D eigenvalue weighted by molar-refractivity contribution is 9.10. The molecule has 0 saturated carbocycles. The van der Waals surface area contributed by atoms with Crippen molar-refractivity contribution < 1.29 is 5.11 Å². The maximum absolute atomic E-state index is 9.37. The molecule has 3 nitrogen and oxygen atoms in total. The van der Waals surface area contributed by atoms with E-state index in [9.17, 15) is 5.11 Å². The van der Waals surface area contributed by atoms with Gasteiger partial charge >= 0.3 is 0 Å². The van der Waals surface area contributed by atoms with Gasteiger partial charge < -0.3 is 10.4 Å². The van der Waals surface area contributed by atoms with Crippen LogP contribution in [0.5, 0.6) is 5.75 Å². The van der Waals surface area contributed by atoms with Gasteiger partial charge in [-0.15, -0.1) is 0 Å². The summed E-state index contributed by atoms with van der Waals surface area (Å²) in [6.45, 7) is 0.615. The van der Waals surface area contributed by atoms with Gasteiger partial charge in [0, 0.05) is 12.7 Å². The summed E-state index contributed by atoms with van der Waals surface area (Å²) in [6, 6.07) is 7.08. The maximum Gasteiger partial charge on any atom is 0.129 e. The molecule has 0 fully saturated rings. The Morgan fingerprint density at radius 3 is 2.88 bits per heavy atom. The molecule has 0 aliphatic carbocycles. The first-order valence-corrected chi connectivity index (χ1v) is 6.14. The third-order valence-electron chi connectivity index (χ3n) is 2.26. The van der Waals surface area contributed by atoms with Gasteiger partial charge in [-0.1, -0.05) is 17.7 Å². The molecule has 1 aromatic carbocycles. The van der Waals surface area contributed by atoms with Crippen LogP contribution in [-0.2, 0) is 6.54 Å². The molecule has 5 heteroatoms. The maximum atomic E-state index is 9.37. The first kappa shape index (κ1) is 12.2. The average molecular weight is 314 g/mol. The molecule has 2 aromatic rings. The van der Waals surface area contributed by atoms with Crippen LogP contribution >= 0.6 is 27.5 Å². The molecular weight excluding hydrogens is 304 g/mol. The second kappa shape index (κ2) is 5.38. The molecule has 0 aliphatic heterocycles. The van der Waals surface area contributed by atoms with Crippen molar-refractivity contribution in [1.29, 1.82) is 0 Å². The van der Waals surface area contributed by atoms with E-state index in [2.05, 4.69) is 26.2 Å². The van der Waals surface area contributed by atoms with E-state index in [1.54, 1.807) is 24.5 Å². The monoisotopic (exact) mass is 312 g/mol. The summed E-state index contributed by atoms with van der Waals surface area (Å²) in [5, 5.41) is 13.2. The van der Waals surface area contributed by atoms with E-state index in [0.29, 0.717) is 16.0 Å². The number of benzene rings is 1. The zero-order chi connectivity index (χ0) is 12.3. The molecule has 0 radical (unpaired) electrons. The number of aromatic hydroxyl groups is 1. The number of hydrogen-bond acceptors (Lipinski definition) is 3. The van der Waals surface area contributed by atoms with Crippen LogP contribution < -0.4 is 5.32 Å². The van der Waals surface area contributed by atoms with Crippen molar-refractivity contribution >= 4 is 33.2 Å². The van der Waals surface area contributed by atoms with Crippen molar-refractivity contribution in [3.63, 3.8) is 0 Å². The standard InChI is InChI=1S/C12H10BrClN2O/c13-9-5-8(1-2-12(9)17)6-16-11-7-15-4-3-10(11)14/h1-5,7,16-17H,6H2. The fourth-order valence-electron chi connectivity index (χ4n) is 1.37. The van der Waals surface area contributed by atoms with Crippen molar-refractivity contribution in [3.05, 3.63) is 51.7 Å². The Morgan fingerprint density at radius 1 is 1.35 bits per heavy atom.